The summed E-state index contributed by atoms with van der Waals surface area (Å²) in [5.74, 6) is 0.453. The molecule has 132 valence electrons. The normalized spacial score (nSPS) is 10.4. The van der Waals surface area contributed by atoms with Crippen molar-refractivity contribution in [2.45, 2.75) is 0 Å². The second kappa shape index (κ2) is 7.10. The van der Waals surface area contributed by atoms with Crippen LogP contribution in [0.3, 0.4) is 0 Å². The van der Waals surface area contributed by atoms with Gasteiger partial charge in [0.25, 0.3) is 0 Å². The molecule has 1 heterocycles. The lowest BCUT2D eigenvalue weighted by atomic mass is 10.0. The Bertz CT molecular complexity index is 985. The van der Waals surface area contributed by atoms with Gasteiger partial charge in [0.1, 0.15) is 17.3 Å². The van der Waals surface area contributed by atoms with Crippen LogP contribution in [0.1, 0.15) is 10.4 Å². The predicted molar refractivity (Wildman–Crippen MR) is 97.9 cm³/mol. The molecule has 0 aliphatic heterocycles. The molecule has 0 unspecified atom stereocenters. The number of ether oxygens (including phenoxy) is 1. The topological polar surface area (TPSA) is 91.8 Å². The van der Waals surface area contributed by atoms with E-state index in [2.05, 4.69) is 10.3 Å². The summed E-state index contributed by atoms with van der Waals surface area (Å²) in [5.41, 5.74) is 0.242. The van der Waals surface area contributed by atoms with Crippen molar-refractivity contribution in [3.8, 4) is 11.5 Å². The Kier molecular flexibility index (Phi) is 4.70. The van der Waals surface area contributed by atoms with Crippen LogP contribution >= 0.6 is 0 Å². The number of pyridine rings is 1. The summed E-state index contributed by atoms with van der Waals surface area (Å²) in [5, 5.41) is 13.3. The highest BCUT2D eigenvalue weighted by Crippen LogP contribution is 2.28. The highest BCUT2D eigenvalue weighted by atomic mass is 16.5. The van der Waals surface area contributed by atoms with Gasteiger partial charge in [0, 0.05) is 26.4 Å². The summed E-state index contributed by atoms with van der Waals surface area (Å²) in [4.78, 5) is 28.5. The molecule has 3 aromatic rings. The van der Waals surface area contributed by atoms with Gasteiger partial charge in [-0.15, -0.1) is 0 Å². The third-order valence-electron chi connectivity index (χ3n) is 3.69. The maximum Gasteiger partial charge on any atom is 0.336 e. The first-order valence-corrected chi connectivity index (χ1v) is 7.82. The summed E-state index contributed by atoms with van der Waals surface area (Å²) < 4.78 is 5.82. The number of amides is 2. The van der Waals surface area contributed by atoms with Gasteiger partial charge in [0.15, 0.2) is 0 Å². The zero-order valence-electron chi connectivity index (χ0n) is 14.3. The fraction of sp³-hybridized carbons (Fsp3) is 0.105. The first kappa shape index (κ1) is 17.2. The number of hydrogen-bond acceptors (Lipinski definition) is 4. The molecule has 2 N–H and O–H groups in total. The molecule has 0 spiro atoms. The Labute approximate surface area is 149 Å². The maximum atomic E-state index is 11.7. The number of nitrogens with zero attached hydrogens (tertiary/aromatic N) is 2. The van der Waals surface area contributed by atoms with Gasteiger partial charge < -0.3 is 14.7 Å². The Hall–Kier alpha value is -3.61. The molecule has 0 aliphatic rings. The van der Waals surface area contributed by atoms with E-state index >= 15 is 0 Å². The Balaban J connectivity index is 1.85. The smallest absolute Gasteiger partial charge is 0.336 e. The van der Waals surface area contributed by atoms with Gasteiger partial charge >= 0.3 is 12.0 Å². The van der Waals surface area contributed by atoms with E-state index in [1.54, 1.807) is 56.6 Å². The lowest BCUT2D eigenvalue weighted by molar-refractivity contribution is 0.0699. The van der Waals surface area contributed by atoms with Gasteiger partial charge in [0.05, 0.1) is 5.56 Å². The van der Waals surface area contributed by atoms with Crippen LogP contribution in [0.5, 0.6) is 11.5 Å². The van der Waals surface area contributed by atoms with E-state index in [0.29, 0.717) is 22.7 Å². The fourth-order valence-corrected chi connectivity index (χ4v) is 2.41. The van der Waals surface area contributed by atoms with E-state index < -0.39 is 5.97 Å². The number of aromatic nitrogens is 1. The second-order valence-electron chi connectivity index (χ2n) is 5.80. The van der Waals surface area contributed by atoms with Gasteiger partial charge in [-0.25, -0.2) is 14.6 Å². The highest BCUT2D eigenvalue weighted by Gasteiger charge is 2.10. The predicted octanol–water partition coefficient (Wildman–Crippen LogP) is 3.82. The molecule has 0 saturated carbocycles. The Morgan fingerprint density at radius 3 is 2.58 bits per heavy atom. The third-order valence-corrected chi connectivity index (χ3v) is 3.69. The Morgan fingerprint density at radius 2 is 1.85 bits per heavy atom. The molecule has 7 heteroatoms. The third kappa shape index (κ3) is 3.72. The van der Waals surface area contributed by atoms with Crippen molar-refractivity contribution in [3.63, 3.8) is 0 Å². The number of benzene rings is 2. The van der Waals surface area contributed by atoms with Crippen molar-refractivity contribution in [2.75, 3.05) is 19.4 Å². The largest absolute Gasteiger partial charge is 0.478 e. The van der Waals surface area contributed by atoms with Crippen molar-refractivity contribution in [1.29, 1.82) is 0 Å². The van der Waals surface area contributed by atoms with E-state index in [1.807, 2.05) is 6.07 Å². The van der Waals surface area contributed by atoms with E-state index in [-0.39, 0.29) is 11.6 Å². The molecular formula is C19H17N3O4. The van der Waals surface area contributed by atoms with Crippen LogP contribution in [0.25, 0.3) is 10.8 Å². The molecule has 0 atom stereocenters. The molecule has 0 saturated heterocycles. The number of anilines is 1. The number of nitrogens with one attached hydrogen (secondary N) is 1. The van der Waals surface area contributed by atoms with Crippen molar-refractivity contribution in [3.05, 3.63) is 60.3 Å². The molecular weight excluding hydrogens is 334 g/mol. The van der Waals surface area contributed by atoms with Gasteiger partial charge in [0.2, 0.25) is 0 Å². The number of carbonyl (C=O) groups excluding carboxylic acids is 1. The molecule has 0 bridgehead atoms. The standard InChI is InChI=1S/C19H17N3O4/c1-22(2)19(25)21-17-11-14(8-9-20-17)26-13-6-7-15-12(10-13)4-3-5-16(15)18(23)24/h3-11H,1-2H3,(H,23,24)(H,20,21,25). The molecule has 2 aromatic carbocycles. The first-order valence-electron chi connectivity index (χ1n) is 7.82. The summed E-state index contributed by atoms with van der Waals surface area (Å²) in [6, 6.07) is 13.2. The summed E-state index contributed by atoms with van der Waals surface area (Å²) >= 11 is 0. The average molecular weight is 351 g/mol. The average Bonchev–Trinajstić information content (AvgIpc) is 2.61. The van der Waals surface area contributed by atoms with Crippen LogP contribution in [0.4, 0.5) is 10.6 Å². The van der Waals surface area contributed by atoms with Crippen LogP contribution in [-0.4, -0.2) is 41.1 Å². The number of hydrogen-bond donors (Lipinski definition) is 2. The number of rotatable bonds is 4. The fourth-order valence-electron chi connectivity index (χ4n) is 2.41. The summed E-state index contributed by atoms with van der Waals surface area (Å²) in [6.07, 6.45) is 1.53. The van der Waals surface area contributed by atoms with E-state index in [0.717, 1.165) is 5.39 Å². The van der Waals surface area contributed by atoms with Crippen LogP contribution in [0.15, 0.2) is 54.7 Å². The van der Waals surface area contributed by atoms with E-state index in [9.17, 15) is 14.7 Å². The van der Waals surface area contributed by atoms with Gasteiger partial charge in [-0.05, 0) is 41.1 Å². The number of carbonyl (C=O) groups is 2. The number of carboxylic acids is 1. The molecule has 0 aliphatic carbocycles. The van der Waals surface area contributed by atoms with Crippen molar-refractivity contribution in [2.24, 2.45) is 0 Å². The highest BCUT2D eigenvalue weighted by molar-refractivity contribution is 6.03. The molecule has 1 aromatic heterocycles. The number of carboxylic acid groups (broad SMARTS) is 1. The van der Waals surface area contributed by atoms with Crippen molar-refractivity contribution >= 4 is 28.6 Å². The molecule has 26 heavy (non-hydrogen) atoms. The molecule has 0 radical (unpaired) electrons. The van der Waals surface area contributed by atoms with E-state index in [1.165, 1.54) is 11.1 Å². The number of aromatic carboxylic acids is 1. The Morgan fingerprint density at radius 1 is 1.08 bits per heavy atom. The van der Waals surface area contributed by atoms with Crippen molar-refractivity contribution < 1.29 is 19.4 Å². The summed E-state index contributed by atoms with van der Waals surface area (Å²) in [7, 11) is 3.27. The van der Waals surface area contributed by atoms with Gasteiger partial charge in [-0.1, -0.05) is 12.1 Å². The van der Waals surface area contributed by atoms with Crippen LogP contribution in [0, 0.1) is 0 Å². The minimum atomic E-state index is -0.973. The SMILES string of the molecule is CN(C)C(=O)Nc1cc(Oc2ccc3c(C(=O)O)cccc3c2)ccn1. The summed E-state index contributed by atoms with van der Waals surface area (Å²) in [6.45, 7) is 0. The van der Waals surface area contributed by atoms with E-state index in [4.69, 9.17) is 4.74 Å². The molecule has 2 amide bonds. The monoisotopic (exact) mass is 351 g/mol. The molecule has 0 fully saturated rings. The van der Waals surface area contributed by atoms with Gasteiger partial charge in [-0.2, -0.15) is 0 Å². The zero-order chi connectivity index (χ0) is 18.7. The van der Waals surface area contributed by atoms with Crippen LogP contribution in [-0.2, 0) is 0 Å². The minimum absolute atomic E-state index is 0.242. The number of fused-ring (bicyclic) bond motifs is 1. The van der Waals surface area contributed by atoms with Gasteiger partial charge in [-0.3, -0.25) is 5.32 Å². The lowest BCUT2D eigenvalue weighted by Crippen LogP contribution is -2.27. The lowest BCUT2D eigenvalue weighted by Gasteiger charge is -2.12. The minimum Gasteiger partial charge on any atom is -0.478 e. The number of urea groups is 1. The van der Waals surface area contributed by atoms with Crippen LogP contribution < -0.4 is 10.1 Å². The second-order valence-corrected chi connectivity index (χ2v) is 5.80. The maximum absolute atomic E-state index is 11.7. The first-order chi connectivity index (χ1) is 12.4. The zero-order valence-corrected chi connectivity index (χ0v) is 14.3. The molecule has 3 rings (SSSR count). The van der Waals surface area contributed by atoms with Crippen LogP contribution in [0.2, 0.25) is 0 Å². The quantitative estimate of drug-likeness (QED) is 0.745. The molecule has 7 nitrogen and oxygen atoms in total. The van der Waals surface area contributed by atoms with Crippen molar-refractivity contribution in [1.82, 2.24) is 9.88 Å².